The second-order valence-electron chi connectivity index (χ2n) is 7.41. The van der Waals surface area contributed by atoms with Crippen LogP contribution in [0, 0.1) is 5.92 Å². The number of anilines is 3. The van der Waals surface area contributed by atoms with E-state index < -0.39 is 5.92 Å². The van der Waals surface area contributed by atoms with Gasteiger partial charge in [-0.1, -0.05) is 35.9 Å². The second-order valence-corrected chi connectivity index (χ2v) is 7.82. The summed E-state index contributed by atoms with van der Waals surface area (Å²) in [4.78, 5) is 29.3. The van der Waals surface area contributed by atoms with Gasteiger partial charge in [-0.3, -0.25) is 9.59 Å². The zero-order chi connectivity index (χ0) is 19.5. The molecule has 2 aromatic rings. The predicted octanol–water partition coefficient (Wildman–Crippen LogP) is 4.32. The molecule has 2 aliphatic heterocycles. The topological polar surface area (TPSA) is 52.7 Å². The van der Waals surface area contributed by atoms with Crippen molar-refractivity contribution in [3.05, 3.63) is 53.6 Å². The van der Waals surface area contributed by atoms with Gasteiger partial charge in [0.25, 0.3) is 0 Å². The lowest BCUT2D eigenvalue weighted by atomic mass is 10.1. The molecule has 0 aliphatic carbocycles. The number of halogens is 1. The number of para-hydroxylation sites is 3. The van der Waals surface area contributed by atoms with E-state index >= 15 is 0 Å². The van der Waals surface area contributed by atoms with Gasteiger partial charge in [-0.05, 0) is 43.5 Å². The Kier molecular flexibility index (Phi) is 5.53. The summed E-state index contributed by atoms with van der Waals surface area (Å²) in [5, 5.41) is 3.59. The number of carbonyl (C=O) groups excluding carboxylic acids is 2. The summed E-state index contributed by atoms with van der Waals surface area (Å²) in [6, 6.07) is 15.2. The van der Waals surface area contributed by atoms with Crippen LogP contribution in [0.25, 0.3) is 0 Å². The van der Waals surface area contributed by atoms with Gasteiger partial charge in [0.1, 0.15) is 0 Å². The van der Waals surface area contributed by atoms with Crippen molar-refractivity contribution in [3.8, 4) is 0 Å². The number of hydrogen-bond donors (Lipinski definition) is 1. The lowest BCUT2D eigenvalue weighted by Crippen LogP contribution is -2.31. The van der Waals surface area contributed by atoms with Crippen LogP contribution in [0.3, 0.4) is 0 Å². The number of hydrogen-bond acceptors (Lipinski definition) is 3. The van der Waals surface area contributed by atoms with Gasteiger partial charge in [0, 0.05) is 26.1 Å². The van der Waals surface area contributed by atoms with E-state index in [-0.39, 0.29) is 18.2 Å². The van der Waals surface area contributed by atoms with E-state index in [4.69, 9.17) is 11.6 Å². The largest absolute Gasteiger partial charge is 0.370 e. The number of piperidine rings is 1. The highest BCUT2D eigenvalue weighted by Crippen LogP contribution is 2.33. The van der Waals surface area contributed by atoms with Crippen LogP contribution in [0.5, 0.6) is 0 Å². The van der Waals surface area contributed by atoms with Gasteiger partial charge < -0.3 is 15.1 Å². The smallest absolute Gasteiger partial charge is 0.229 e. The molecule has 2 saturated heterocycles. The molecule has 6 heteroatoms. The van der Waals surface area contributed by atoms with Gasteiger partial charge in [-0.2, -0.15) is 0 Å². The lowest BCUT2D eigenvalue weighted by Gasteiger charge is -2.30. The Labute approximate surface area is 170 Å². The number of amides is 2. The lowest BCUT2D eigenvalue weighted by molar-refractivity contribution is -0.122. The normalized spacial score (nSPS) is 19.8. The molecule has 1 N–H and O–H groups in total. The molecule has 2 heterocycles. The Morgan fingerprint density at radius 3 is 2.39 bits per heavy atom. The van der Waals surface area contributed by atoms with E-state index in [2.05, 4.69) is 16.3 Å². The zero-order valence-electron chi connectivity index (χ0n) is 15.7. The van der Waals surface area contributed by atoms with Gasteiger partial charge >= 0.3 is 0 Å². The molecule has 0 unspecified atom stereocenters. The van der Waals surface area contributed by atoms with Crippen molar-refractivity contribution >= 4 is 40.5 Å². The Morgan fingerprint density at radius 2 is 1.64 bits per heavy atom. The van der Waals surface area contributed by atoms with E-state index in [0.29, 0.717) is 17.3 Å². The molecule has 2 aromatic carbocycles. The highest BCUT2D eigenvalue weighted by atomic mass is 35.5. The summed E-state index contributed by atoms with van der Waals surface area (Å²) in [6.45, 7) is 2.37. The van der Waals surface area contributed by atoms with Crippen LogP contribution in [-0.4, -0.2) is 31.4 Å². The fourth-order valence-electron chi connectivity index (χ4n) is 4.01. The maximum absolute atomic E-state index is 12.9. The minimum absolute atomic E-state index is 0.0717. The Balaban J connectivity index is 1.48. The van der Waals surface area contributed by atoms with E-state index in [0.717, 1.165) is 24.5 Å². The van der Waals surface area contributed by atoms with Crippen molar-refractivity contribution in [2.75, 3.05) is 34.8 Å². The van der Waals surface area contributed by atoms with Crippen LogP contribution in [0.2, 0.25) is 5.02 Å². The SMILES string of the molecule is O=C(Nc1ccccc1N1CCCCC1)[C@@H]1CC(=O)N(c2ccccc2Cl)C1. The maximum atomic E-state index is 12.9. The van der Waals surface area contributed by atoms with Crippen molar-refractivity contribution in [2.24, 2.45) is 5.92 Å². The van der Waals surface area contributed by atoms with Gasteiger partial charge in [-0.25, -0.2) is 0 Å². The van der Waals surface area contributed by atoms with Crippen molar-refractivity contribution in [3.63, 3.8) is 0 Å². The van der Waals surface area contributed by atoms with Crippen LogP contribution in [-0.2, 0) is 9.59 Å². The summed E-state index contributed by atoms with van der Waals surface area (Å²) >= 11 is 6.23. The summed E-state index contributed by atoms with van der Waals surface area (Å²) < 4.78 is 0. The third-order valence-electron chi connectivity index (χ3n) is 5.50. The highest BCUT2D eigenvalue weighted by molar-refractivity contribution is 6.33. The standard InChI is InChI=1S/C22H24ClN3O2/c23-17-8-2-4-10-19(17)26-15-16(14-21(26)27)22(28)24-18-9-3-5-11-20(18)25-12-6-1-7-13-25/h2-5,8-11,16H,1,6-7,12-15H2,(H,24,28)/t16-/m1/s1. The number of nitrogens with zero attached hydrogens (tertiary/aromatic N) is 2. The van der Waals surface area contributed by atoms with E-state index in [1.165, 1.54) is 19.3 Å². The molecule has 4 rings (SSSR count). The first kappa shape index (κ1) is 18.8. The Bertz CT molecular complexity index is 880. The van der Waals surface area contributed by atoms with Crippen molar-refractivity contribution in [1.29, 1.82) is 0 Å². The average Bonchev–Trinajstić information content (AvgIpc) is 3.11. The molecule has 2 amide bonds. The fourth-order valence-corrected chi connectivity index (χ4v) is 4.25. The molecule has 0 spiro atoms. The first-order valence-electron chi connectivity index (χ1n) is 9.83. The van der Waals surface area contributed by atoms with Gasteiger partial charge in [-0.15, -0.1) is 0 Å². The number of nitrogens with one attached hydrogen (secondary N) is 1. The first-order valence-corrected chi connectivity index (χ1v) is 10.2. The van der Waals surface area contributed by atoms with Gasteiger partial charge in [0.15, 0.2) is 0 Å². The summed E-state index contributed by atoms with van der Waals surface area (Å²) in [7, 11) is 0. The minimum atomic E-state index is -0.391. The Hall–Kier alpha value is -2.53. The predicted molar refractivity (Wildman–Crippen MR) is 113 cm³/mol. The van der Waals surface area contributed by atoms with Crippen LogP contribution in [0.1, 0.15) is 25.7 Å². The van der Waals surface area contributed by atoms with Crippen molar-refractivity contribution in [1.82, 2.24) is 0 Å². The molecule has 2 fully saturated rings. The molecule has 1 atom stereocenters. The molecule has 28 heavy (non-hydrogen) atoms. The Morgan fingerprint density at radius 1 is 0.964 bits per heavy atom. The quantitative estimate of drug-likeness (QED) is 0.835. The zero-order valence-corrected chi connectivity index (χ0v) is 16.5. The monoisotopic (exact) mass is 397 g/mol. The van der Waals surface area contributed by atoms with Crippen LogP contribution in [0.4, 0.5) is 17.1 Å². The van der Waals surface area contributed by atoms with Crippen molar-refractivity contribution in [2.45, 2.75) is 25.7 Å². The maximum Gasteiger partial charge on any atom is 0.229 e. The molecule has 5 nitrogen and oxygen atoms in total. The molecular formula is C22H24ClN3O2. The average molecular weight is 398 g/mol. The molecule has 0 bridgehead atoms. The molecule has 0 radical (unpaired) electrons. The number of carbonyl (C=O) groups is 2. The van der Waals surface area contributed by atoms with Crippen molar-refractivity contribution < 1.29 is 9.59 Å². The summed E-state index contributed by atoms with van der Waals surface area (Å²) in [5.41, 5.74) is 2.54. The van der Waals surface area contributed by atoms with Gasteiger partial charge in [0.2, 0.25) is 11.8 Å². The molecule has 0 aromatic heterocycles. The van der Waals surface area contributed by atoms with E-state index in [9.17, 15) is 9.59 Å². The third kappa shape index (κ3) is 3.85. The molecule has 0 saturated carbocycles. The summed E-state index contributed by atoms with van der Waals surface area (Å²) in [6.07, 6.45) is 3.80. The molecule has 146 valence electrons. The number of rotatable bonds is 4. The van der Waals surface area contributed by atoms with Crippen LogP contribution >= 0.6 is 11.6 Å². The van der Waals surface area contributed by atoms with E-state index in [1.807, 2.05) is 36.4 Å². The first-order chi connectivity index (χ1) is 13.6. The molecular weight excluding hydrogens is 374 g/mol. The summed E-state index contributed by atoms with van der Waals surface area (Å²) in [5.74, 6) is -0.580. The fraction of sp³-hybridized carbons (Fsp3) is 0.364. The molecule has 2 aliphatic rings. The van der Waals surface area contributed by atoms with Crippen LogP contribution in [0.15, 0.2) is 48.5 Å². The third-order valence-corrected chi connectivity index (χ3v) is 5.82. The highest BCUT2D eigenvalue weighted by Gasteiger charge is 2.36. The van der Waals surface area contributed by atoms with Gasteiger partial charge in [0.05, 0.1) is 28.0 Å². The van der Waals surface area contributed by atoms with E-state index in [1.54, 1.807) is 11.0 Å². The minimum Gasteiger partial charge on any atom is -0.370 e. The van der Waals surface area contributed by atoms with Crippen LogP contribution < -0.4 is 15.1 Å². The second kappa shape index (κ2) is 8.23. The number of benzene rings is 2.